The highest BCUT2D eigenvalue weighted by atomic mass is 28.4. The second kappa shape index (κ2) is 5.01. The van der Waals surface area contributed by atoms with Crippen molar-refractivity contribution in [2.45, 2.75) is 25.9 Å². The minimum atomic E-state index is -2.62. The molecule has 0 unspecified atom stereocenters. The number of benzene rings is 1. The van der Waals surface area contributed by atoms with Gasteiger partial charge in [-0.15, -0.1) is 0 Å². The molecule has 0 atom stereocenters. The van der Waals surface area contributed by atoms with E-state index in [1.807, 2.05) is 13.8 Å². The lowest BCUT2D eigenvalue weighted by Gasteiger charge is -2.28. The molecular formula is C11H15F3OSi. The highest BCUT2D eigenvalue weighted by molar-refractivity contribution is 6.86. The van der Waals surface area contributed by atoms with Crippen LogP contribution >= 0.6 is 0 Å². The van der Waals surface area contributed by atoms with Crippen LogP contribution in [-0.2, 0) is 4.43 Å². The third-order valence-electron chi connectivity index (χ3n) is 3.00. The molecule has 1 nitrogen and oxygen atoms in total. The largest absolute Gasteiger partial charge is 0.415 e. The molecule has 1 rings (SSSR count). The molecule has 0 amide bonds. The summed E-state index contributed by atoms with van der Waals surface area (Å²) in [6.07, 6.45) is 0. The first-order chi connectivity index (χ1) is 7.50. The van der Waals surface area contributed by atoms with Crippen molar-refractivity contribution in [3.63, 3.8) is 0 Å². The zero-order valence-electron chi connectivity index (χ0n) is 9.61. The fourth-order valence-electron chi connectivity index (χ4n) is 1.97. The van der Waals surface area contributed by atoms with Crippen LogP contribution in [0.15, 0.2) is 12.1 Å². The van der Waals surface area contributed by atoms with Crippen LogP contribution in [0.25, 0.3) is 0 Å². The zero-order chi connectivity index (χ0) is 12.3. The van der Waals surface area contributed by atoms with Gasteiger partial charge < -0.3 is 4.43 Å². The van der Waals surface area contributed by atoms with Crippen molar-refractivity contribution in [3.8, 4) is 0 Å². The van der Waals surface area contributed by atoms with E-state index in [2.05, 4.69) is 0 Å². The Morgan fingerprint density at radius 3 is 1.81 bits per heavy atom. The van der Waals surface area contributed by atoms with Crippen molar-refractivity contribution in [1.82, 2.24) is 0 Å². The maximum atomic E-state index is 13.6. The number of rotatable bonds is 4. The highest BCUT2D eigenvalue weighted by Gasteiger charge is 2.38. The molecule has 1 aromatic rings. The zero-order valence-corrected chi connectivity index (χ0v) is 10.6. The van der Waals surface area contributed by atoms with Crippen molar-refractivity contribution in [3.05, 3.63) is 29.6 Å². The summed E-state index contributed by atoms with van der Waals surface area (Å²) in [4.78, 5) is 0. The van der Waals surface area contributed by atoms with Crippen molar-refractivity contribution >= 4 is 13.5 Å². The normalized spacial score (nSPS) is 11.9. The van der Waals surface area contributed by atoms with E-state index in [9.17, 15) is 13.2 Å². The van der Waals surface area contributed by atoms with Crippen LogP contribution in [-0.4, -0.2) is 15.4 Å². The minimum absolute atomic E-state index is 0.0543. The summed E-state index contributed by atoms with van der Waals surface area (Å²) < 4.78 is 45.4. The van der Waals surface area contributed by atoms with Gasteiger partial charge >= 0.3 is 0 Å². The third kappa shape index (κ3) is 2.15. The van der Waals surface area contributed by atoms with Gasteiger partial charge in [0.15, 0.2) is 0 Å². The summed E-state index contributed by atoms with van der Waals surface area (Å²) in [5.74, 6) is -2.57. The van der Waals surface area contributed by atoms with Crippen molar-refractivity contribution in [2.75, 3.05) is 7.11 Å². The summed E-state index contributed by atoms with van der Waals surface area (Å²) in [5.41, 5.74) is 0. The van der Waals surface area contributed by atoms with Crippen LogP contribution in [0.5, 0.6) is 0 Å². The Balaban J connectivity index is 3.40. The lowest BCUT2D eigenvalue weighted by atomic mass is 10.3. The Morgan fingerprint density at radius 2 is 1.50 bits per heavy atom. The highest BCUT2D eigenvalue weighted by Crippen LogP contribution is 2.20. The van der Waals surface area contributed by atoms with Gasteiger partial charge in [0.2, 0.25) is 8.32 Å². The Labute approximate surface area is 94.4 Å². The van der Waals surface area contributed by atoms with E-state index in [0.717, 1.165) is 0 Å². The topological polar surface area (TPSA) is 9.23 Å². The standard InChI is InChI=1S/C11H15F3OSi/c1-4-16(5-2,15-3)11-9(13)6-8(12)7-10(11)14/h6-7H,4-5H2,1-3H3. The van der Waals surface area contributed by atoms with Crippen LogP contribution in [0.2, 0.25) is 12.1 Å². The molecule has 90 valence electrons. The van der Waals surface area contributed by atoms with Gasteiger partial charge in [-0.2, -0.15) is 0 Å². The molecule has 0 aliphatic rings. The molecule has 0 saturated heterocycles. The first kappa shape index (κ1) is 13.3. The second-order valence-corrected chi connectivity index (χ2v) is 7.96. The van der Waals surface area contributed by atoms with E-state index in [1.165, 1.54) is 7.11 Å². The van der Waals surface area contributed by atoms with Crippen LogP contribution < -0.4 is 5.19 Å². The summed E-state index contributed by atoms with van der Waals surface area (Å²) in [6.45, 7) is 3.67. The van der Waals surface area contributed by atoms with E-state index in [0.29, 0.717) is 24.2 Å². The van der Waals surface area contributed by atoms with Gasteiger partial charge in [-0.25, -0.2) is 13.2 Å². The van der Waals surface area contributed by atoms with Crippen molar-refractivity contribution in [2.24, 2.45) is 0 Å². The van der Waals surface area contributed by atoms with Crippen LogP contribution in [0, 0.1) is 17.5 Å². The maximum absolute atomic E-state index is 13.6. The van der Waals surface area contributed by atoms with E-state index in [1.54, 1.807) is 0 Å². The van der Waals surface area contributed by atoms with Crippen LogP contribution in [0.3, 0.4) is 0 Å². The first-order valence-electron chi connectivity index (χ1n) is 5.21. The van der Waals surface area contributed by atoms with E-state index < -0.39 is 25.8 Å². The molecule has 0 radical (unpaired) electrons. The molecule has 0 fully saturated rings. The van der Waals surface area contributed by atoms with Crippen molar-refractivity contribution in [1.29, 1.82) is 0 Å². The Hall–Kier alpha value is -0.813. The molecule has 16 heavy (non-hydrogen) atoms. The molecule has 0 aromatic heterocycles. The average molecular weight is 248 g/mol. The summed E-state index contributed by atoms with van der Waals surface area (Å²) in [6, 6.07) is 2.54. The fraction of sp³-hybridized carbons (Fsp3) is 0.455. The van der Waals surface area contributed by atoms with Gasteiger partial charge in [0.05, 0.1) is 0 Å². The van der Waals surface area contributed by atoms with Gasteiger partial charge in [0.25, 0.3) is 0 Å². The average Bonchev–Trinajstić information content (AvgIpc) is 2.23. The fourth-order valence-corrected chi connectivity index (χ4v) is 4.98. The molecule has 0 aliphatic carbocycles. The van der Waals surface area contributed by atoms with Crippen LogP contribution in [0.4, 0.5) is 13.2 Å². The van der Waals surface area contributed by atoms with Gasteiger partial charge in [-0.05, 0) is 12.1 Å². The predicted octanol–water partition coefficient (Wildman–Crippen LogP) is 2.94. The first-order valence-corrected chi connectivity index (χ1v) is 7.53. The molecule has 0 bridgehead atoms. The quantitative estimate of drug-likeness (QED) is 0.744. The second-order valence-electron chi connectivity index (χ2n) is 3.65. The number of hydrogen-bond donors (Lipinski definition) is 0. The lowest BCUT2D eigenvalue weighted by Crippen LogP contribution is -2.52. The number of halogens is 3. The molecule has 0 N–H and O–H groups in total. The van der Waals surface area contributed by atoms with Gasteiger partial charge in [0, 0.05) is 24.4 Å². The third-order valence-corrected chi connectivity index (χ3v) is 7.45. The molecule has 5 heteroatoms. The predicted molar refractivity (Wildman–Crippen MR) is 59.7 cm³/mol. The molecule has 0 spiro atoms. The monoisotopic (exact) mass is 248 g/mol. The summed E-state index contributed by atoms with van der Waals surface area (Å²) in [5, 5.41) is -0.0543. The van der Waals surface area contributed by atoms with Gasteiger partial charge in [-0.1, -0.05) is 13.8 Å². The Bertz CT molecular complexity index is 346. The molecule has 0 saturated carbocycles. The van der Waals surface area contributed by atoms with Crippen molar-refractivity contribution < 1.29 is 17.6 Å². The minimum Gasteiger partial charge on any atom is -0.415 e. The Morgan fingerprint density at radius 1 is 1.06 bits per heavy atom. The summed E-state index contributed by atoms with van der Waals surface area (Å²) in [7, 11) is -1.16. The SMILES string of the molecule is CC[Si](CC)(OC)c1c(F)cc(F)cc1F. The van der Waals surface area contributed by atoms with E-state index in [4.69, 9.17) is 4.43 Å². The van der Waals surface area contributed by atoms with E-state index >= 15 is 0 Å². The Kier molecular flexibility index (Phi) is 4.15. The maximum Gasteiger partial charge on any atom is 0.229 e. The smallest absolute Gasteiger partial charge is 0.229 e. The molecular weight excluding hydrogens is 233 g/mol. The van der Waals surface area contributed by atoms with Gasteiger partial charge in [-0.3, -0.25) is 0 Å². The van der Waals surface area contributed by atoms with E-state index in [-0.39, 0.29) is 5.19 Å². The number of hydrogen-bond acceptors (Lipinski definition) is 1. The lowest BCUT2D eigenvalue weighted by molar-refractivity contribution is 0.401. The molecule has 0 aliphatic heterocycles. The summed E-state index contributed by atoms with van der Waals surface area (Å²) >= 11 is 0. The molecule has 0 heterocycles. The van der Waals surface area contributed by atoms with Crippen LogP contribution in [0.1, 0.15) is 13.8 Å². The van der Waals surface area contributed by atoms with Gasteiger partial charge in [0.1, 0.15) is 17.5 Å². The molecule has 1 aromatic carbocycles.